The highest BCUT2D eigenvalue weighted by Gasteiger charge is 2.42. The number of fused-ring (bicyclic) bond motifs is 3. The molecule has 1 aromatic heterocycles. The average molecular weight is 339 g/mol. The number of amides is 1. The maximum Gasteiger partial charge on any atom is 0.220 e. The third kappa shape index (κ3) is 3.31. The van der Waals surface area contributed by atoms with Crippen LogP contribution in [0.2, 0.25) is 0 Å². The van der Waals surface area contributed by atoms with Gasteiger partial charge >= 0.3 is 0 Å². The molecule has 0 aliphatic heterocycles. The number of benzene rings is 1. The Kier molecular flexibility index (Phi) is 4.30. The molecule has 1 heterocycles. The van der Waals surface area contributed by atoms with Crippen LogP contribution >= 0.6 is 0 Å². The molecule has 2 aromatic rings. The number of hydrogen-bond donors (Lipinski definition) is 2. The van der Waals surface area contributed by atoms with Gasteiger partial charge in [-0.3, -0.25) is 4.79 Å². The van der Waals surface area contributed by atoms with Crippen LogP contribution in [-0.4, -0.2) is 21.9 Å². The first kappa shape index (κ1) is 16.6. The zero-order valence-corrected chi connectivity index (χ0v) is 15.6. The molecular formula is C21H29N3O. The van der Waals surface area contributed by atoms with Crippen molar-refractivity contribution in [1.29, 1.82) is 0 Å². The number of hydrogen-bond acceptors (Lipinski definition) is 2. The van der Waals surface area contributed by atoms with Gasteiger partial charge in [-0.05, 0) is 75.0 Å². The van der Waals surface area contributed by atoms with Gasteiger partial charge in [0.2, 0.25) is 5.91 Å². The zero-order chi connectivity index (χ0) is 17.6. The Hall–Kier alpha value is -1.84. The van der Waals surface area contributed by atoms with Crippen molar-refractivity contribution in [3.63, 3.8) is 0 Å². The van der Waals surface area contributed by atoms with E-state index in [-0.39, 0.29) is 5.91 Å². The number of H-pyrrole nitrogens is 1. The van der Waals surface area contributed by atoms with Crippen LogP contribution in [0.25, 0.3) is 11.0 Å². The Morgan fingerprint density at radius 1 is 1.32 bits per heavy atom. The molecular weight excluding hydrogens is 310 g/mol. The largest absolute Gasteiger partial charge is 0.353 e. The molecule has 0 unspecified atom stereocenters. The first-order valence-corrected chi connectivity index (χ1v) is 9.75. The first-order valence-electron chi connectivity index (χ1n) is 9.75. The Bertz CT molecular complexity index is 794. The molecule has 25 heavy (non-hydrogen) atoms. The lowest BCUT2D eigenvalue weighted by atomic mass is 9.84. The van der Waals surface area contributed by atoms with Crippen LogP contribution in [-0.2, 0) is 11.2 Å². The molecule has 134 valence electrons. The summed E-state index contributed by atoms with van der Waals surface area (Å²) in [5.74, 6) is 3.54. The molecule has 2 aliphatic rings. The second-order valence-corrected chi connectivity index (χ2v) is 8.36. The molecule has 0 spiro atoms. The van der Waals surface area contributed by atoms with E-state index < -0.39 is 0 Å². The Balaban J connectivity index is 1.33. The molecule has 2 N–H and O–H groups in total. The lowest BCUT2D eigenvalue weighted by Crippen LogP contribution is -2.40. The van der Waals surface area contributed by atoms with Gasteiger partial charge in [0.25, 0.3) is 0 Å². The van der Waals surface area contributed by atoms with Gasteiger partial charge in [-0.25, -0.2) is 4.98 Å². The SMILES string of the molecule is Cc1cc(C)c2nc(CCC(=O)N[C@H](C)[C@@H]3C[C@H]4CC[C@H]3C4)[nH]c2c1. The van der Waals surface area contributed by atoms with Crippen LogP contribution in [0.5, 0.6) is 0 Å². The van der Waals surface area contributed by atoms with Gasteiger partial charge < -0.3 is 10.3 Å². The molecule has 1 aromatic carbocycles. The molecule has 4 heteroatoms. The van der Waals surface area contributed by atoms with Crippen LogP contribution in [0.15, 0.2) is 12.1 Å². The number of carbonyl (C=O) groups is 1. The van der Waals surface area contributed by atoms with Crippen molar-refractivity contribution in [2.45, 2.75) is 65.3 Å². The van der Waals surface area contributed by atoms with Gasteiger partial charge in [-0.2, -0.15) is 0 Å². The van der Waals surface area contributed by atoms with Gasteiger partial charge in [0.05, 0.1) is 11.0 Å². The summed E-state index contributed by atoms with van der Waals surface area (Å²) in [4.78, 5) is 20.4. The van der Waals surface area contributed by atoms with Crippen molar-refractivity contribution in [3.05, 3.63) is 29.1 Å². The van der Waals surface area contributed by atoms with Crippen LogP contribution in [0.3, 0.4) is 0 Å². The number of aromatic amines is 1. The van der Waals surface area contributed by atoms with Crippen LogP contribution in [0, 0.1) is 31.6 Å². The van der Waals surface area contributed by atoms with Crippen LogP contribution in [0.1, 0.15) is 56.0 Å². The van der Waals surface area contributed by atoms with Crippen LogP contribution < -0.4 is 5.32 Å². The molecule has 4 nitrogen and oxygen atoms in total. The lowest BCUT2D eigenvalue weighted by molar-refractivity contribution is -0.122. The first-order chi connectivity index (χ1) is 12.0. The number of carbonyl (C=O) groups excluding carboxylic acids is 1. The van der Waals surface area contributed by atoms with Gasteiger partial charge in [0.15, 0.2) is 0 Å². The summed E-state index contributed by atoms with van der Waals surface area (Å²) in [7, 11) is 0. The van der Waals surface area contributed by atoms with E-state index in [2.05, 4.69) is 48.2 Å². The second-order valence-electron chi connectivity index (χ2n) is 8.36. The normalized spacial score (nSPS) is 26.3. The standard InChI is InChI=1S/C21H29N3O/c1-12-8-13(2)21-18(9-12)23-19(24-21)6-7-20(25)22-14(3)17-11-15-4-5-16(17)10-15/h8-9,14-17H,4-7,10-11H2,1-3H3,(H,22,25)(H,23,24)/t14-,15+,16+,17+/m1/s1. The second kappa shape index (κ2) is 6.47. The minimum Gasteiger partial charge on any atom is -0.353 e. The topological polar surface area (TPSA) is 57.8 Å². The number of imidazole rings is 1. The quantitative estimate of drug-likeness (QED) is 0.863. The summed E-state index contributed by atoms with van der Waals surface area (Å²) >= 11 is 0. The summed E-state index contributed by atoms with van der Waals surface area (Å²) in [5, 5.41) is 3.25. The van der Waals surface area contributed by atoms with E-state index in [1.807, 2.05) is 0 Å². The molecule has 2 aliphatic carbocycles. The number of nitrogens with zero attached hydrogens (tertiary/aromatic N) is 1. The maximum atomic E-state index is 12.4. The minimum absolute atomic E-state index is 0.156. The summed E-state index contributed by atoms with van der Waals surface area (Å²) in [5.41, 5.74) is 4.52. The molecule has 0 radical (unpaired) electrons. The molecule has 2 fully saturated rings. The fourth-order valence-corrected chi connectivity index (χ4v) is 5.21. The van der Waals surface area contributed by atoms with Crippen molar-refractivity contribution in [1.82, 2.24) is 15.3 Å². The van der Waals surface area contributed by atoms with E-state index in [1.54, 1.807) is 0 Å². The molecule has 4 rings (SSSR count). The predicted molar refractivity (Wildman–Crippen MR) is 100 cm³/mol. The highest BCUT2D eigenvalue weighted by molar-refractivity contribution is 5.80. The molecule has 2 bridgehead atoms. The Morgan fingerprint density at radius 3 is 2.88 bits per heavy atom. The molecule has 0 saturated heterocycles. The summed E-state index contributed by atoms with van der Waals surface area (Å²) in [6, 6.07) is 4.58. The van der Waals surface area contributed by atoms with E-state index in [0.717, 1.165) is 28.7 Å². The van der Waals surface area contributed by atoms with Crippen molar-refractivity contribution in [2.75, 3.05) is 0 Å². The summed E-state index contributed by atoms with van der Waals surface area (Å²) < 4.78 is 0. The number of rotatable bonds is 5. The lowest BCUT2D eigenvalue weighted by Gasteiger charge is -2.28. The number of aromatic nitrogens is 2. The average Bonchev–Trinajstić information content (AvgIpc) is 3.27. The molecule has 2 saturated carbocycles. The van der Waals surface area contributed by atoms with E-state index in [9.17, 15) is 4.79 Å². The van der Waals surface area contributed by atoms with Gasteiger partial charge in [-0.15, -0.1) is 0 Å². The van der Waals surface area contributed by atoms with E-state index in [4.69, 9.17) is 0 Å². The number of aryl methyl sites for hydroxylation is 3. The van der Waals surface area contributed by atoms with Crippen molar-refractivity contribution < 1.29 is 4.79 Å². The van der Waals surface area contributed by atoms with Gasteiger partial charge in [0, 0.05) is 18.9 Å². The van der Waals surface area contributed by atoms with E-state index in [1.165, 1.54) is 36.8 Å². The number of nitrogens with one attached hydrogen (secondary N) is 2. The van der Waals surface area contributed by atoms with Gasteiger partial charge in [-0.1, -0.05) is 12.5 Å². The monoisotopic (exact) mass is 339 g/mol. The Morgan fingerprint density at radius 2 is 2.16 bits per heavy atom. The van der Waals surface area contributed by atoms with E-state index in [0.29, 0.717) is 24.8 Å². The third-order valence-electron chi connectivity index (χ3n) is 6.38. The highest BCUT2D eigenvalue weighted by Crippen LogP contribution is 2.49. The predicted octanol–water partition coefficient (Wildman–Crippen LogP) is 4.05. The third-order valence-corrected chi connectivity index (χ3v) is 6.38. The highest BCUT2D eigenvalue weighted by atomic mass is 16.1. The molecule has 1 amide bonds. The smallest absolute Gasteiger partial charge is 0.220 e. The van der Waals surface area contributed by atoms with Crippen LogP contribution in [0.4, 0.5) is 0 Å². The van der Waals surface area contributed by atoms with Crippen molar-refractivity contribution >= 4 is 16.9 Å². The van der Waals surface area contributed by atoms with Crippen molar-refractivity contribution in [3.8, 4) is 0 Å². The van der Waals surface area contributed by atoms with Gasteiger partial charge in [0.1, 0.15) is 5.82 Å². The fraction of sp³-hybridized carbons (Fsp3) is 0.619. The van der Waals surface area contributed by atoms with Crippen molar-refractivity contribution in [2.24, 2.45) is 17.8 Å². The fourth-order valence-electron chi connectivity index (χ4n) is 5.21. The zero-order valence-electron chi connectivity index (χ0n) is 15.6. The minimum atomic E-state index is 0.156. The summed E-state index contributed by atoms with van der Waals surface area (Å²) in [6.07, 6.45) is 6.66. The Labute approximate surface area is 149 Å². The maximum absolute atomic E-state index is 12.4. The van der Waals surface area contributed by atoms with E-state index >= 15 is 0 Å². The molecule has 4 atom stereocenters. The summed E-state index contributed by atoms with van der Waals surface area (Å²) in [6.45, 7) is 6.37.